The average Bonchev–Trinajstić information content (AvgIpc) is 2.79. The van der Waals surface area contributed by atoms with Gasteiger partial charge in [-0.3, -0.25) is 9.79 Å². The Morgan fingerprint density at radius 2 is 1.84 bits per heavy atom. The van der Waals surface area contributed by atoms with Gasteiger partial charge in [-0.05, 0) is 43.4 Å². The molecule has 174 valence electrons. The molecule has 0 spiro atoms. The Bertz CT molecular complexity index is 845. The van der Waals surface area contributed by atoms with Crippen molar-refractivity contribution in [2.24, 2.45) is 4.99 Å². The van der Waals surface area contributed by atoms with E-state index in [1.165, 1.54) is 5.56 Å². The topological polar surface area (TPSA) is 74.8 Å². The fraction of sp³-hybridized carbons (Fsp3) is 0.440. The lowest BCUT2D eigenvalue weighted by atomic mass is 9.91. The van der Waals surface area contributed by atoms with Crippen molar-refractivity contribution in [2.75, 3.05) is 38.2 Å². The number of amides is 1. The van der Waals surface area contributed by atoms with Crippen molar-refractivity contribution in [3.05, 3.63) is 65.7 Å². The van der Waals surface area contributed by atoms with E-state index in [1.54, 1.807) is 0 Å². The van der Waals surface area contributed by atoms with Crippen LogP contribution in [-0.2, 0) is 16.0 Å². The Labute approximate surface area is 208 Å². The molecular weight excluding hydrogens is 515 g/mol. The lowest BCUT2D eigenvalue weighted by molar-refractivity contribution is -0.116. The highest BCUT2D eigenvalue weighted by Gasteiger charge is 2.24. The summed E-state index contributed by atoms with van der Waals surface area (Å²) in [5, 5.41) is 9.63. The van der Waals surface area contributed by atoms with E-state index in [9.17, 15) is 4.79 Å². The minimum absolute atomic E-state index is 0. The lowest BCUT2D eigenvalue weighted by Crippen LogP contribution is -2.38. The van der Waals surface area contributed by atoms with E-state index in [0.29, 0.717) is 13.0 Å². The first kappa shape index (κ1) is 26.1. The van der Waals surface area contributed by atoms with Crippen LogP contribution in [0.4, 0.5) is 5.69 Å². The first-order valence-corrected chi connectivity index (χ1v) is 11.3. The minimum atomic E-state index is 0. The van der Waals surface area contributed by atoms with Gasteiger partial charge in [0.1, 0.15) is 0 Å². The van der Waals surface area contributed by atoms with Gasteiger partial charge in [0.15, 0.2) is 5.96 Å². The van der Waals surface area contributed by atoms with Crippen LogP contribution in [0.15, 0.2) is 59.6 Å². The van der Waals surface area contributed by atoms with Crippen molar-refractivity contribution >= 4 is 41.5 Å². The first-order chi connectivity index (χ1) is 15.3. The number of hydrogen-bond donors (Lipinski definition) is 3. The summed E-state index contributed by atoms with van der Waals surface area (Å²) < 4.78 is 5.75. The summed E-state index contributed by atoms with van der Waals surface area (Å²) in [5.41, 5.74) is 3.38. The number of ether oxygens (including phenoxy) is 1. The molecule has 0 bridgehead atoms. The van der Waals surface area contributed by atoms with Crippen LogP contribution in [0.3, 0.4) is 0 Å². The molecule has 3 N–H and O–H groups in total. The molecule has 1 atom stereocenters. The van der Waals surface area contributed by atoms with Crippen LogP contribution in [0, 0.1) is 0 Å². The number of guanidine groups is 1. The fourth-order valence-corrected chi connectivity index (χ4v) is 3.68. The van der Waals surface area contributed by atoms with E-state index in [2.05, 4.69) is 53.2 Å². The maximum absolute atomic E-state index is 12.0. The van der Waals surface area contributed by atoms with Crippen LogP contribution in [0.25, 0.3) is 0 Å². The van der Waals surface area contributed by atoms with Crippen LogP contribution in [0.2, 0.25) is 0 Å². The second kappa shape index (κ2) is 14.8. The second-order valence-corrected chi connectivity index (χ2v) is 7.74. The van der Waals surface area contributed by atoms with Gasteiger partial charge < -0.3 is 20.7 Å². The Morgan fingerprint density at radius 3 is 2.66 bits per heavy atom. The monoisotopic (exact) mass is 550 g/mol. The van der Waals surface area contributed by atoms with Gasteiger partial charge in [0, 0.05) is 37.7 Å². The summed E-state index contributed by atoms with van der Waals surface area (Å²) in [6.07, 6.45) is 3.46. The predicted octanol–water partition coefficient (Wildman–Crippen LogP) is 4.33. The number of nitrogens with zero attached hydrogens (tertiary/aromatic N) is 1. The third-order valence-electron chi connectivity index (χ3n) is 5.31. The number of aliphatic imine (C=N–C) groups is 1. The molecule has 0 aliphatic carbocycles. The van der Waals surface area contributed by atoms with Crippen LogP contribution < -0.4 is 16.0 Å². The molecule has 0 radical (unpaired) electrons. The zero-order valence-electron chi connectivity index (χ0n) is 18.8. The highest BCUT2D eigenvalue weighted by Crippen LogP contribution is 2.31. The molecule has 2 aromatic carbocycles. The van der Waals surface area contributed by atoms with Gasteiger partial charge in [0.25, 0.3) is 0 Å². The fourth-order valence-electron chi connectivity index (χ4n) is 3.68. The summed E-state index contributed by atoms with van der Waals surface area (Å²) >= 11 is 0. The summed E-state index contributed by atoms with van der Waals surface area (Å²) in [7, 11) is 0. The van der Waals surface area contributed by atoms with Crippen molar-refractivity contribution < 1.29 is 9.53 Å². The number of fused-ring (bicyclic) bond motifs is 1. The number of unbranched alkanes of at least 4 members (excludes halogenated alkanes) is 1. The number of carbonyl (C=O) groups is 1. The van der Waals surface area contributed by atoms with E-state index >= 15 is 0 Å². The van der Waals surface area contributed by atoms with Crippen LogP contribution in [0.1, 0.15) is 43.2 Å². The number of rotatable bonds is 11. The second-order valence-electron chi connectivity index (χ2n) is 7.74. The van der Waals surface area contributed by atoms with Crippen molar-refractivity contribution in [2.45, 2.75) is 38.5 Å². The lowest BCUT2D eigenvalue weighted by Gasteiger charge is -2.24. The maximum atomic E-state index is 12.0. The third-order valence-corrected chi connectivity index (χ3v) is 5.31. The summed E-state index contributed by atoms with van der Waals surface area (Å²) in [6, 6.07) is 18.4. The third kappa shape index (κ3) is 8.78. The minimum Gasteiger partial charge on any atom is -0.381 e. The SMILES string of the molecule is CCNC(=NCC1CC(=O)Nc2ccccc21)NCCCCOCCc1ccccc1.I. The Balaban J connectivity index is 0.00000363. The van der Waals surface area contributed by atoms with E-state index in [1.807, 2.05) is 24.3 Å². The van der Waals surface area contributed by atoms with E-state index < -0.39 is 0 Å². The molecule has 1 aliphatic rings. The maximum Gasteiger partial charge on any atom is 0.225 e. The van der Waals surface area contributed by atoms with E-state index in [-0.39, 0.29) is 35.8 Å². The highest BCUT2D eigenvalue weighted by atomic mass is 127. The molecule has 0 saturated heterocycles. The molecule has 0 saturated carbocycles. The number of carbonyl (C=O) groups excluding carboxylic acids is 1. The smallest absolute Gasteiger partial charge is 0.225 e. The van der Waals surface area contributed by atoms with Gasteiger partial charge in [-0.15, -0.1) is 24.0 Å². The Hall–Kier alpha value is -2.13. The molecule has 7 heteroatoms. The Kier molecular flexibility index (Phi) is 12.1. The molecule has 6 nitrogen and oxygen atoms in total. The van der Waals surface area contributed by atoms with Crippen molar-refractivity contribution in [1.82, 2.24) is 10.6 Å². The quantitative estimate of drug-likeness (QED) is 0.169. The van der Waals surface area contributed by atoms with Gasteiger partial charge in [0.2, 0.25) is 5.91 Å². The predicted molar refractivity (Wildman–Crippen MR) is 142 cm³/mol. The molecule has 0 fully saturated rings. The van der Waals surface area contributed by atoms with Gasteiger partial charge in [-0.2, -0.15) is 0 Å². The van der Waals surface area contributed by atoms with Gasteiger partial charge in [0.05, 0.1) is 13.2 Å². The molecule has 0 aromatic heterocycles. The van der Waals surface area contributed by atoms with Crippen LogP contribution in [-0.4, -0.2) is 44.7 Å². The molecule has 1 amide bonds. The standard InChI is InChI=1S/C25H34N4O2.HI/c1-2-26-25(27-15-8-9-16-31-17-14-20-10-4-3-5-11-20)28-19-21-18-24(30)29-23-13-7-6-12-22(21)23;/h3-7,10-13,21H,2,8-9,14-19H2,1H3,(H,29,30)(H2,26,27,28);1H. The molecule has 1 unspecified atom stereocenters. The summed E-state index contributed by atoms with van der Waals surface area (Å²) in [6.45, 7) is 5.82. The van der Waals surface area contributed by atoms with Crippen molar-refractivity contribution in [3.63, 3.8) is 0 Å². The zero-order chi connectivity index (χ0) is 21.7. The van der Waals surface area contributed by atoms with Crippen molar-refractivity contribution in [1.29, 1.82) is 0 Å². The molecule has 2 aromatic rings. The van der Waals surface area contributed by atoms with Gasteiger partial charge >= 0.3 is 0 Å². The first-order valence-electron chi connectivity index (χ1n) is 11.3. The molecule has 1 aliphatic heterocycles. The molecule has 32 heavy (non-hydrogen) atoms. The number of anilines is 1. The summed E-state index contributed by atoms with van der Waals surface area (Å²) in [5.74, 6) is 0.971. The van der Waals surface area contributed by atoms with E-state index in [0.717, 1.165) is 62.8 Å². The Morgan fingerprint density at radius 1 is 1.06 bits per heavy atom. The molecular formula is C25H35IN4O2. The van der Waals surface area contributed by atoms with Crippen LogP contribution in [0.5, 0.6) is 0 Å². The number of hydrogen-bond acceptors (Lipinski definition) is 3. The zero-order valence-corrected chi connectivity index (χ0v) is 21.1. The summed E-state index contributed by atoms with van der Waals surface area (Å²) in [4.78, 5) is 16.7. The molecule has 3 rings (SSSR count). The van der Waals surface area contributed by atoms with Gasteiger partial charge in [-0.25, -0.2) is 0 Å². The number of para-hydroxylation sites is 1. The van der Waals surface area contributed by atoms with Gasteiger partial charge in [-0.1, -0.05) is 48.5 Å². The highest BCUT2D eigenvalue weighted by molar-refractivity contribution is 14.0. The van der Waals surface area contributed by atoms with Crippen molar-refractivity contribution in [3.8, 4) is 0 Å². The number of benzene rings is 2. The average molecular weight is 550 g/mol. The number of halogens is 1. The van der Waals surface area contributed by atoms with Crippen LogP contribution >= 0.6 is 24.0 Å². The normalized spacial score (nSPS) is 15.3. The van der Waals surface area contributed by atoms with E-state index in [4.69, 9.17) is 9.73 Å². The number of nitrogens with one attached hydrogen (secondary N) is 3. The largest absolute Gasteiger partial charge is 0.381 e. The molecule has 1 heterocycles.